The van der Waals surface area contributed by atoms with E-state index in [0.717, 1.165) is 25.0 Å². The zero-order valence-electron chi connectivity index (χ0n) is 6.76. The molecule has 0 unspecified atom stereocenters. The first-order valence-corrected chi connectivity index (χ1v) is 4.56. The molecule has 1 aromatic heterocycles. The van der Waals surface area contributed by atoms with Gasteiger partial charge in [0.15, 0.2) is 0 Å². The lowest BCUT2D eigenvalue weighted by atomic mass is 9.92. The van der Waals surface area contributed by atoms with Crippen LogP contribution in [-0.2, 0) is 6.42 Å². The Bertz CT molecular complexity index is 299. The van der Waals surface area contributed by atoms with Gasteiger partial charge >= 0.3 is 0 Å². The predicted octanol–water partition coefficient (Wildman–Crippen LogP) is 2.07. The number of fused-ring (bicyclic) bond motifs is 1. The van der Waals surface area contributed by atoms with Crippen LogP contribution in [0.1, 0.15) is 30.1 Å². The normalized spacial score (nSPS) is 22.0. The zero-order chi connectivity index (χ0) is 8.55. The first-order valence-electron chi connectivity index (χ1n) is 4.18. The van der Waals surface area contributed by atoms with Crippen LogP contribution in [0.25, 0.3) is 0 Å². The third-order valence-electron chi connectivity index (χ3n) is 2.30. The first kappa shape index (κ1) is 8.02. The number of aromatic nitrogens is 1. The van der Waals surface area contributed by atoms with Gasteiger partial charge in [-0.2, -0.15) is 0 Å². The molecule has 1 aliphatic rings. The van der Waals surface area contributed by atoms with Crippen LogP contribution in [0.5, 0.6) is 0 Å². The van der Waals surface area contributed by atoms with Crippen molar-refractivity contribution in [3.05, 3.63) is 28.5 Å². The summed E-state index contributed by atoms with van der Waals surface area (Å²) in [5.41, 5.74) is 8.17. The second-order valence-electron chi connectivity index (χ2n) is 3.17. The summed E-state index contributed by atoms with van der Waals surface area (Å²) < 4.78 is 0. The number of hydrogen-bond donors (Lipinski definition) is 1. The zero-order valence-corrected chi connectivity index (χ0v) is 7.51. The summed E-state index contributed by atoms with van der Waals surface area (Å²) in [6.07, 6.45) is 3.21. The van der Waals surface area contributed by atoms with Crippen LogP contribution in [0.3, 0.4) is 0 Å². The molecule has 0 saturated heterocycles. The summed E-state index contributed by atoms with van der Waals surface area (Å²) in [6, 6.07) is 3.97. The highest BCUT2D eigenvalue weighted by molar-refractivity contribution is 6.29. The lowest BCUT2D eigenvalue weighted by molar-refractivity contribution is 0.560. The molecule has 0 amide bonds. The molecule has 1 aromatic rings. The Morgan fingerprint density at radius 3 is 3.17 bits per heavy atom. The molecule has 3 heteroatoms. The van der Waals surface area contributed by atoms with Gasteiger partial charge in [-0.25, -0.2) is 4.98 Å². The number of pyridine rings is 1. The largest absolute Gasteiger partial charge is 0.324 e. The molecule has 64 valence electrons. The quantitative estimate of drug-likeness (QED) is 0.624. The number of nitrogens with zero attached hydrogens (tertiary/aromatic N) is 1. The second kappa shape index (κ2) is 3.04. The van der Waals surface area contributed by atoms with E-state index < -0.39 is 0 Å². The molecule has 0 radical (unpaired) electrons. The van der Waals surface area contributed by atoms with Crippen LogP contribution >= 0.6 is 11.6 Å². The van der Waals surface area contributed by atoms with Crippen molar-refractivity contribution in [3.8, 4) is 0 Å². The van der Waals surface area contributed by atoms with Crippen LogP contribution in [0.15, 0.2) is 12.1 Å². The molecule has 12 heavy (non-hydrogen) atoms. The molecule has 2 nitrogen and oxygen atoms in total. The van der Waals surface area contributed by atoms with Gasteiger partial charge in [-0.1, -0.05) is 17.7 Å². The molecule has 0 fully saturated rings. The first-order chi connectivity index (χ1) is 5.77. The Morgan fingerprint density at radius 1 is 1.50 bits per heavy atom. The second-order valence-corrected chi connectivity index (χ2v) is 3.56. The Hall–Kier alpha value is -0.600. The smallest absolute Gasteiger partial charge is 0.129 e. The number of nitrogens with two attached hydrogens (primary N) is 1. The monoisotopic (exact) mass is 182 g/mol. The van der Waals surface area contributed by atoms with Crippen molar-refractivity contribution >= 4 is 11.6 Å². The topological polar surface area (TPSA) is 38.9 Å². The highest BCUT2D eigenvalue weighted by atomic mass is 35.5. The summed E-state index contributed by atoms with van der Waals surface area (Å²) in [5.74, 6) is 0. The molecule has 2 rings (SSSR count). The van der Waals surface area contributed by atoms with E-state index in [1.54, 1.807) is 0 Å². The minimum absolute atomic E-state index is 0.165. The van der Waals surface area contributed by atoms with Gasteiger partial charge in [0.25, 0.3) is 0 Å². The van der Waals surface area contributed by atoms with Crippen molar-refractivity contribution in [2.75, 3.05) is 0 Å². The van der Waals surface area contributed by atoms with Gasteiger partial charge < -0.3 is 5.73 Å². The molecule has 0 spiro atoms. The van der Waals surface area contributed by atoms with Crippen molar-refractivity contribution in [3.63, 3.8) is 0 Å². The van der Waals surface area contributed by atoms with Gasteiger partial charge in [0.2, 0.25) is 0 Å². The Labute approximate surface area is 76.7 Å². The Kier molecular flexibility index (Phi) is 2.03. The van der Waals surface area contributed by atoms with E-state index in [0.29, 0.717) is 5.15 Å². The molecule has 0 bridgehead atoms. The molecule has 0 aromatic carbocycles. The van der Waals surface area contributed by atoms with Gasteiger partial charge in [0.05, 0.1) is 0 Å². The highest BCUT2D eigenvalue weighted by Crippen LogP contribution is 2.27. The fourth-order valence-corrected chi connectivity index (χ4v) is 1.83. The van der Waals surface area contributed by atoms with Crippen LogP contribution < -0.4 is 5.73 Å². The average molecular weight is 183 g/mol. The van der Waals surface area contributed by atoms with Crippen molar-refractivity contribution in [2.45, 2.75) is 25.3 Å². The van der Waals surface area contributed by atoms with Gasteiger partial charge in [-0.3, -0.25) is 0 Å². The fourth-order valence-electron chi connectivity index (χ4n) is 1.67. The van der Waals surface area contributed by atoms with E-state index in [9.17, 15) is 0 Å². The lowest BCUT2D eigenvalue weighted by Crippen LogP contribution is -2.18. The van der Waals surface area contributed by atoms with Gasteiger partial charge in [0, 0.05) is 11.7 Å². The van der Waals surface area contributed by atoms with E-state index in [1.807, 2.05) is 12.1 Å². The summed E-state index contributed by atoms with van der Waals surface area (Å²) in [5, 5.41) is 0.572. The highest BCUT2D eigenvalue weighted by Gasteiger charge is 2.17. The van der Waals surface area contributed by atoms with Crippen LogP contribution in [-0.4, -0.2) is 4.98 Å². The van der Waals surface area contributed by atoms with E-state index in [-0.39, 0.29) is 6.04 Å². The molecule has 1 heterocycles. The number of aryl methyl sites for hydroxylation is 1. The molecular weight excluding hydrogens is 172 g/mol. The number of halogens is 1. The van der Waals surface area contributed by atoms with Crippen LogP contribution in [0, 0.1) is 0 Å². The van der Waals surface area contributed by atoms with Crippen LogP contribution in [0.4, 0.5) is 0 Å². The summed E-state index contributed by atoms with van der Waals surface area (Å²) in [7, 11) is 0. The maximum absolute atomic E-state index is 5.91. The minimum atomic E-state index is 0.165. The number of hydrogen-bond acceptors (Lipinski definition) is 2. The molecule has 0 saturated carbocycles. The molecular formula is C9H11ClN2. The van der Waals surface area contributed by atoms with Gasteiger partial charge in [-0.05, 0) is 30.9 Å². The Morgan fingerprint density at radius 2 is 2.33 bits per heavy atom. The Balaban J connectivity index is 2.46. The van der Waals surface area contributed by atoms with E-state index >= 15 is 0 Å². The van der Waals surface area contributed by atoms with E-state index in [1.165, 1.54) is 5.56 Å². The van der Waals surface area contributed by atoms with Crippen molar-refractivity contribution < 1.29 is 0 Å². The van der Waals surface area contributed by atoms with Crippen molar-refractivity contribution in [1.29, 1.82) is 0 Å². The maximum Gasteiger partial charge on any atom is 0.129 e. The maximum atomic E-state index is 5.91. The molecule has 1 aliphatic carbocycles. The fraction of sp³-hybridized carbons (Fsp3) is 0.444. The van der Waals surface area contributed by atoms with E-state index in [2.05, 4.69) is 4.98 Å². The van der Waals surface area contributed by atoms with Crippen LogP contribution in [0.2, 0.25) is 5.15 Å². The van der Waals surface area contributed by atoms with Gasteiger partial charge in [-0.15, -0.1) is 0 Å². The number of rotatable bonds is 0. The average Bonchev–Trinajstić information content (AvgIpc) is 2.04. The summed E-state index contributed by atoms with van der Waals surface area (Å²) >= 11 is 5.77. The minimum Gasteiger partial charge on any atom is -0.324 e. The molecule has 2 N–H and O–H groups in total. The SMILES string of the molecule is N[C@@H]1CCCc2nc(Cl)ccc21. The van der Waals surface area contributed by atoms with Gasteiger partial charge in [0.1, 0.15) is 5.15 Å². The third-order valence-corrected chi connectivity index (χ3v) is 2.51. The molecule has 1 atom stereocenters. The standard InChI is InChI=1S/C9H11ClN2/c10-9-5-4-6-7(11)2-1-3-8(6)12-9/h4-5,7H,1-3,11H2/t7-/m1/s1. The van der Waals surface area contributed by atoms with E-state index in [4.69, 9.17) is 17.3 Å². The van der Waals surface area contributed by atoms with Crippen molar-refractivity contribution in [2.24, 2.45) is 5.73 Å². The van der Waals surface area contributed by atoms with Crippen molar-refractivity contribution in [1.82, 2.24) is 4.98 Å². The third kappa shape index (κ3) is 1.32. The summed E-state index contributed by atoms with van der Waals surface area (Å²) in [4.78, 5) is 4.25. The summed E-state index contributed by atoms with van der Waals surface area (Å²) in [6.45, 7) is 0. The lowest BCUT2D eigenvalue weighted by Gasteiger charge is -2.20. The predicted molar refractivity (Wildman–Crippen MR) is 49.1 cm³/mol. The molecule has 0 aliphatic heterocycles.